The highest BCUT2D eigenvalue weighted by atomic mass is 16.5. The summed E-state index contributed by atoms with van der Waals surface area (Å²) in [6, 6.07) is 10.3. The van der Waals surface area contributed by atoms with Gasteiger partial charge in [-0.1, -0.05) is 18.2 Å². The molecule has 0 fully saturated rings. The second-order valence-corrected chi connectivity index (χ2v) is 6.74. The molecule has 0 radical (unpaired) electrons. The van der Waals surface area contributed by atoms with Crippen molar-refractivity contribution in [1.82, 2.24) is 5.32 Å². The molecule has 0 unspecified atom stereocenters. The van der Waals surface area contributed by atoms with Crippen molar-refractivity contribution >= 4 is 17.5 Å². The van der Waals surface area contributed by atoms with Crippen LogP contribution in [-0.4, -0.2) is 44.7 Å². The summed E-state index contributed by atoms with van der Waals surface area (Å²) >= 11 is 0. The van der Waals surface area contributed by atoms with Crippen LogP contribution in [0, 0.1) is 0 Å². The Morgan fingerprint density at radius 1 is 1.00 bits per heavy atom. The van der Waals surface area contributed by atoms with Gasteiger partial charge in [0.15, 0.2) is 11.5 Å². The number of rotatable bonds is 8. The standard InChI is InChI=1S/C23H28N2O5/c1-5-28-19-13-16(14-20(29-6-2)21(19)30-7-3)23(27)25-17-11-9-8-10-15(17)12-18(25)22(26)24-4/h8-11,13-14,18H,5-7,12H2,1-4H3,(H,24,26)/t18-/m1/s1. The highest BCUT2D eigenvalue weighted by molar-refractivity contribution is 6.12. The van der Waals surface area contributed by atoms with Gasteiger partial charge in [-0.3, -0.25) is 14.5 Å². The molecule has 1 N–H and O–H groups in total. The first-order valence-electron chi connectivity index (χ1n) is 10.2. The third-order valence-corrected chi connectivity index (χ3v) is 4.90. The molecule has 7 nitrogen and oxygen atoms in total. The predicted octanol–water partition coefficient (Wildman–Crippen LogP) is 3.20. The Balaban J connectivity index is 2.09. The minimum Gasteiger partial charge on any atom is -0.490 e. The van der Waals surface area contributed by atoms with Crippen LogP contribution < -0.4 is 24.4 Å². The lowest BCUT2D eigenvalue weighted by Gasteiger charge is -2.25. The van der Waals surface area contributed by atoms with E-state index in [1.807, 2.05) is 45.0 Å². The van der Waals surface area contributed by atoms with Crippen LogP contribution in [0.2, 0.25) is 0 Å². The zero-order valence-corrected chi connectivity index (χ0v) is 17.9. The number of carbonyl (C=O) groups excluding carboxylic acids is 2. The SMILES string of the molecule is CCOc1cc(C(=O)N2c3ccccc3C[C@@H]2C(=O)NC)cc(OCC)c1OCC. The largest absolute Gasteiger partial charge is 0.490 e. The van der Waals surface area contributed by atoms with Crippen LogP contribution in [0.15, 0.2) is 36.4 Å². The summed E-state index contributed by atoms with van der Waals surface area (Å²) in [6.07, 6.45) is 0.468. The van der Waals surface area contributed by atoms with E-state index in [1.165, 1.54) is 0 Å². The van der Waals surface area contributed by atoms with E-state index in [1.54, 1.807) is 24.1 Å². The molecule has 0 spiro atoms. The van der Waals surface area contributed by atoms with E-state index in [0.29, 0.717) is 49.1 Å². The van der Waals surface area contributed by atoms with Gasteiger partial charge in [0.25, 0.3) is 5.91 Å². The van der Waals surface area contributed by atoms with Gasteiger partial charge in [-0.15, -0.1) is 0 Å². The number of fused-ring (bicyclic) bond motifs is 1. The summed E-state index contributed by atoms with van der Waals surface area (Å²) in [5, 5.41) is 2.67. The fraction of sp³-hybridized carbons (Fsp3) is 0.391. The Kier molecular flexibility index (Phi) is 6.82. The fourth-order valence-electron chi connectivity index (χ4n) is 3.66. The molecule has 1 aliphatic heterocycles. The topological polar surface area (TPSA) is 77.1 Å². The van der Waals surface area contributed by atoms with Gasteiger partial charge in [0, 0.05) is 24.7 Å². The van der Waals surface area contributed by atoms with Crippen molar-refractivity contribution in [2.24, 2.45) is 0 Å². The molecule has 160 valence electrons. The normalized spacial score (nSPS) is 14.8. The van der Waals surface area contributed by atoms with Gasteiger partial charge in [0.05, 0.1) is 19.8 Å². The van der Waals surface area contributed by atoms with E-state index in [2.05, 4.69) is 5.32 Å². The Labute approximate surface area is 176 Å². The van der Waals surface area contributed by atoms with Crippen LogP contribution in [0.4, 0.5) is 5.69 Å². The van der Waals surface area contributed by atoms with Crippen molar-refractivity contribution < 1.29 is 23.8 Å². The number of hydrogen-bond donors (Lipinski definition) is 1. The van der Waals surface area contributed by atoms with Crippen LogP contribution >= 0.6 is 0 Å². The number of nitrogens with zero attached hydrogens (tertiary/aromatic N) is 1. The number of amides is 2. The molecular formula is C23H28N2O5. The molecule has 2 amide bonds. The molecule has 0 aliphatic carbocycles. The first kappa shape index (κ1) is 21.5. The number of para-hydroxylation sites is 1. The summed E-state index contributed by atoms with van der Waals surface area (Å²) in [4.78, 5) is 27.7. The Hall–Kier alpha value is -3.22. The monoisotopic (exact) mass is 412 g/mol. The van der Waals surface area contributed by atoms with E-state index in [-0.39, 0.29) is 11.8 Å². The summed E-state index contributed by atoms with van der Waals surface area (Å²) in [5.41, 5.74) is 2.07. The van der Waals surface area contributed by atoms with Gasteiger partial charge < -0.3 is 19.5 Å². The van der Waals surface area contributed by atoms with Crippen molar-refractivity contribution in [2.75, 3.05) is 31.8 Å². The molecule has 1 heterocycles. The number of nitrogens with one attached hydrogen (secondary N) is 1. The molecule has 1 aliphatic rings. The van der Waals surface area contributed by atoms with E-state index in [0.717, 1.165) is 11.3 Å². The lowest BCUT2D eigenvalue weighted by molar-refractivity contribution is -0.121. The molecular weight excluding hydrogens is 384 g/mol. The highest BCUT2D eigenvalue weighted by Crippen LogP contribution is 2.41. The summed E-state index contributed by atoms with van der Waals surface area (Å²) in [5.74, 6) is 0.858. The molecule has 3 rings (SSSR count). The average Bonchev–Trinajstić information content (AvgIpc) is 3.14. The maximum absolute atomic E-state index is 13.6. The number of benzene rings is 2. The lowest BCUT2D eigenvalue weighted by Crippen LogP contribution is -2.47. The zero-order valence-electron chi connectivity index (χ0n) is 17.9. The third-order valence-electron chi connectivity index (χ3n) is 4.90. The molecule has 7 heteroatoms. The quantitative estimate of drug-likeness (QED) is 0.721. The van der Waals surface area contributed by atoms with E-state index in [9.17, 15) is 9.59 Å². The zero-order chi connectivity index (χ0) is 21.7. The first-order valence-corrected chi connectivity index (χ1v) is 10.2. The van der Waals surface area contributed by atoms with Crippen molar-refractivity contribution in [3.8, 4) is 17.2 Å². The number of ether oxygens (including phenoxy) is 3. The van der Waals surface area contributed by atoms with Crippen molar-refractivity contribution in [3.05, 3.63) is 47.5 Å². The van der Waals surface area contributed by atoms with Crippen molar-refractivity contribution in [3.63, 3.8) is 0 Å². The van der Waals surface area contributed by atoms with Gasteiger partial charge >= 0.3 is 0 Å². The van der Waals surface area contributed by atoms with Crippen molar-refractivity contribution in [1.29, 1.82) is 0 Å². The molecule has 0 bridgehead atoms. The predicted molar refractivity (Wildman–Crippen MR) is 115 cm³/mol. The number of likely N-dealkylation sites (N-methyl/N-ethyl adjacent to an activating group) is 1. The maximum atomic E-state index is 13.6. The van der Waals surface area contributed by atoms with Crippen LogP contribution in [0.3, 0.4) is 0 Å². The number of carbonyl (C=O) groups is 2. The maximum Gasteiger partial charge on any atom is 0.259 e. The second kappa shape index (κ2) is 9.52. The van der Waals surface area contributed by atoms with Gasteiger partial charge in [0.1, 0.15) is 6.04 Å². The molecule has 1 atom stereocenters. The summed E-state index contributed by atoms with van der Waals surface area (Å²) < 4.78 is 17.2. The van der Waals surface area contributed by atoms with E-state index in [4.69, 9.17) is 14.2 Å². The Morgan fingerprint density at radius 2 is 1.60 bits per heavy atom. The molecule has 30 heavy (non-hydrogen) atoms. The van der Waals surface area contributed by atoms with E-state index < -0.39 is 6.04 Å². The van der Waals surface area contributed by atoms with Gasteiger partial charge in [-0.25, -0.2) is 0 Å². The Bertz CT molecular complexity index is 901. The van der Waals surface area contributed by atoms with Crippen LogP contribution in [0.25, 0.3) is 0 Å². The van der Waals surface area contributed by atoms with Crippen LogP contribution in [0.1, 0.15) is 36.7 Å². The minimum absolute atomic E-state index is 0.208. The summed E-state index contributed by atoms with van der Waals surface area (Å²) in [7, 11) is 1.57. The average molecular weight is 412 g/mol. The van der Waals surface area contributed by atoms with Crippen molar-refractivity contribution in [2.45, 2.75) is 33.2 Å². The van der Waals surface area contributed by atoms with Crippen LogP contribution in [0.5, 0.6) is 17.2 Å². The lowest BCUT2D eigenvalue weighted by atomic mass is 10.1. The number of anilines is 1. The van der Waals surface area contributed by atoms with Gasteiger partial charge in [0.2, 0.25) is 11.7 Å². The van der Waals surface area contributed by atoms with Gasteiger partial charge in [-0.05, 0) is 44.5 Å². The minimum atomic E-state index is -0.613. The summed E-state index contributed by atoms with van der Waals surface area (Å²) in [6.45, 7) is 6.87. The highest BCUT2D eigenvalue weighted by Gasteiger charge is 2.38. The first-order chi connectivity index (χ1) is 14.5. The van der Waals surface area contributed by atoms with Crippen LogP contribution in [-0.2, 0) is 11.2 Å². The third kappa shape index (κ3) is 4.06. The number of hydrogen-bond acceptors (Lipinski definition) is 5. The molecule has 0 saturated carbocycles. The molecule has 0 aromatic heterocycles. The van der Waals surface area contributed by atoms with E-state index >= 15 is 0 Å². The molecule has 0 saturated heterocycles. The Morgan fingerprint density at radius 3 is 2.17 bits per heavy atom. The molecule has 2 aromatic rings. The fourth-order valence-corrected chi connectivity index (χ4v) is 3.66. The molecule has 2 aromatic carbocycles. The van der Waals surface area contributed by atoms with Gasteiger partial charge in [-0.2, -0.15) is 0 Å². The second-order valence-electron chi connectivity index (χ2n) is 6.74. The smallest absolute Gasteiger partial charge is 0.259 e.